The molecule has 0 unspecified atom stereocenters. The number of imidazole rings is 1. The second kappa shape index (κ2) is 4.12. The van der Waals surface area contributed by atoms with Crippen LogP contribution in [0.15, 0.2) is 36.5 Å². The molecule has 0 atom stereocenters. The number of pyridine rings is 1. The molecule has 0 aliphatic carbocycles. The van der Waals surface area contributed by atoms with E-state index in [-0.39, 0.29) is 0 Å². The van der Waals surface area contributed by atoms with Crippen LogP contribution in [0.1, 0.15) is 16.7 Å². The first-order valence-electron chi connectivity index (χ1n) is 6.38. The highest BCUT2D eigenvalue weighted by Crippen LogP contribution is 2.29. The van der Waals surface area contributed by atoms with Gasteiger partial charge in [0.05, 0.1) is 0 Å². The molecule has 0 aliphatic rings. The predicted molar refractivity (Wildman–Crippen MR) is 79.3 cm³/mol. The van der Waals surface area contributed by atoms with Crippen molar-refractivity contribution in [3.8, 4) is 11.3 Å². The lowest BCUT2D eigenvalue weighted by atomic mass is 10.0. The number of aryl methyl sites for hydroxylation is 3. The first kappa shape index (κ1) is 11.8. The van der Waals surface area contributed by atoms with E-state index >= 15 is 0 Å². The minimum absolute atomic E-state index is 0.701. The Labute approximate surface area is 112 Å². The molecule has 0 saturated heterocycles. The van der Waals surface area contributed by atoms with E-state index in [1.165, 1.54) is 16.7 Å². The Morgan fingerprint density at radius 3 is 2.53 bits per heavy atom. The van der Waals surface area contributed by atoms with Gasteiger partial charge in [0.1, 0.15) is 17.2 Å². The molecule has 3 aromatic rings. The van der Waals surface area contributed by atoms with Crippen molar-refractivity contribution in [2.75, 3.05) is 5.73 Å². The van der Waals surface area contributed by atoms with E-state index < -0.39 is 0 Å². The van der Waals surface area contributed by atoms with Crippen LogP contribution in [0.25, 0.3) is 16.9 Å². The molecule has 19 heavy (non-hydrogen) atoms. The van der Waals surface area contributed by atoms with Gasteiger partial charge in [0.15, 0.2) is 0 Å². The van der Waals surface area contributed by atoms with E-state index in [0.29, 0.717) is 5.82 Å². The lowest BCUT2D eigenvalue weighted by Gasteiger charge is -2.05. The maximum Gasteiger partial charge on any atom is 0.139 e. The summed E-state index contributed by atoms with van der Waals surface area (Å²) in [6.07, 6.45) is 2.02. The van der Waals surface area contributed by atoms with Crippen molar-refractivity contribution in [2.45, 2.75) is 20.8 Å². The zero-order valence-corrected chi connectivity index (χ0v) is 11.4. The van der Waals surface area contributed by atoms with Gasteiger partial charge < -0.3 is 5.73 Å². The number of nitrogens with two attached hydrogens (primary N) is 1. The fourth-order valence-corrected chi connectivity index (χ4v) is 2.36. The molecule has 1 aromatic carbocycles. The van der Waals surface area contributed by atoms with Crippen LogP contribution in [0.4, 0.5) is 5.82 Å². The minimum Gasteiger partial charge on any atom is -0.383 e. The van der Waals surface area contributed by atoms with Crippen molar-refractivity contribution in [3.05, 3.63) is 53.2 Å². The number of aromatic nitrogens is 2. The summed E-state index contributed by atoms with van der Waals surface area (Å²) in [6.45, 7) is 6.22. The molecule has 0 saturated carbocycles. The summed E-state index contributed by atoms with van der Waals surface area (Å²) >= 11 is 0. The van der Waals surface area contributed by atoms with Gasteiger partial charge in [-0.15, -0.1) is 0 Å². The highest BCUT2D eigenvalue weighted by atomic mass is 15.1. The number of benzene rings is 1. The number of fused-ring (bicyclic) bond motifs is 1. The average molecular weight is 251 g/mol. The third kappa shape index (κ3) is 1.87. The zero-order valence-electron chi connectivity index (χ0n) is 11.4. The lowest BCUT2D eigenvalue weighted by Crippen LogP contribution is -1.95. The minimum atomic E-state index is 0.701. The highest BCUT2D eigenvalue weighted by molar-refractivity contribution is 5.77. The topological polar surface area (TPSA) is 43.3 Å². The van der Waals surface area contributed by atoms with Crippen LogP contribution >= 0.6 is 0 Å². The molecule has 0 radical (unpaired) electrons. The molecule has 0 amide bonds. The van der Waals surface area contributed by atoms with Gasteiger partial charge in [-0.3, -0.25) is 4.40 Å². The molecule has 0 bridgehead atoms. The molecular formula is C16H17N3. The summed E-state index contributed by atoms with van der Waals surface area (Å²) in [4.78, 5) is 4.66. The van der Waals surface area contributed by atoms with Crippen LogP contribution in [0.5, 0.6) is 0 Å². The zero-order chi connectivity index (χ0) is 13.6. The largest absolute Gasteiger partial charge is 0.383 e. The molecular weight excluding hydrogens is 234 g/mol. The third-order valence-corrected chi connectivity index (χ3v) is 3.45. The molecule has 2 aromatic heterocycles. The van der Waals surface area contributed by atoms with Gasteiger partial charge >= 0.3 is 0 Å². The van der Waals surface area contributed by atoms with Crippen LogP contribution in [0, 0.1) is 20.8 Å². The maximum atomic E-state index is 6.26. The predicted octanol–water partition coefficient (Wildman–Crippen LogP) is 3.51. The number of nitrogen functional groups attached to an aromatic ring is 1. The fourth-order valence-electron chi connectivity index (χ4n) is 2.36. The Hall–Kier alpha value is -2.29. The third-order valence-electron chi connectivity index (χ3n) is 3.45. The number of nitrogens with zero attached hydrogens (tertiary/aromatic N) is 2. The van der Waals surface area contributed by atoms with E-state index in [4.69, 9.17) is 5.73 Å². The number of rotatable bonds is 1. The standard InChI is InChI=1S/C16H17N3/c1-10-4-6-12(3)13(8-10)15-16(17)19-9-11(2)5-7-14(19)18-15/h4-9H,17H2,1-3H3. The number of hydrogen-bond donors (Lipinski definition) is 1. The van der Waals surface area contributed by atoms with Crippen molar-refractivity contribution < 1.29 is 0 Å². The Morgan fingerprint density at radius 1 is 1.00 bits per heavy atom. The van der Waals surface area contributed by atoms with Crippen LogP contribution in [0.3, 0.4) is 0 Å². The van der Waals surface area contributed by atoms with Crippen molar-refractivity contribution in [3.63, 3.8) is 0 Å². The quantitative estimate of drug-likeness (QED) is 0.719. The van der Waals surface area contributed by atoms with Crippen LogP contribution < -0.4 is 5.73 Å². The van der Waals surface area contributed by atoms with E-state index in [9.17, 15) is 0 Å². The first-order chi connectivity index (χ1) is 9.06. The Kier molecular flexibility index (Phi) is 2.56. The molecule has 0 spiro atoms. The van der Waals surface area contributed by atoms with Crippen LogP contribution in [0.2, 0.25) is 0 Å². The van der Waals surface area contributed by atoms with Crippen molar-refractivity contribution in [2.24, 2.45) is 0 Å². The van der Waals surface area contributed by atoms with Crippen LogP contribution in [-0.2, 0) is 0 Å². The molecule has 2 heterocycles. The van der Waals surface area contributed by atoms with Gasteiger partial charge in [-0.25, -0.2) is 4.98 Å². The molecule has 2 N–H and O–H groups in total. The molecule has 0 fully saturated rings. The average Bonchev–Trinajstić information content (AvgIpc) is 2.70. The normalized spacial score (nSPS) is 11.1. The lowest BCUT2D eigenvalue weighted by molar-refractivity contribution is 1.16. The molecule has 3 rings (SSSR count). The smallest absolute Gasteiger partial charge is 0.139 e. The second-order valence-corrected chi connectivity index (χ2v) is 5.10. The number of anilines is 1. The summed E-state index contributed by atoms with van der Waals surface area (Å²) in [5.74, 6) is 0.701. The first-order valence-corrected chi connectivity index (χ1v) is 6.38. The van der Waals surface area contributed by atoms with Crippen LogP contribution in [-0.4, -0.2) is 9.38 Å². The summed E-state index contributed by atoms with van der Waals surface area (Å²) in [6, 6.07) is 10.4. The number of hydrogen-bond acceptors (Lipinski definition) is 2. The Bertz CT molecular complexity index is 769. The van der Waals surface area contributed by atoms with E-state index in [2.05, 4.69) is 50.0 Å². The van der Waals surface area contributed by atoms with Gasteiger partial charge in [0.2, 0.25) is 0 Å². The van der Waals surface area contributed by atoms with E-state index in [0.717, 1.165) is 16.9 Å². The molecule has 96 valence electrons. The van der Waals surface area contributed by atoms with Gasteiger partial charge in [0, 0.05) is 11.8 Å². The van der Waals surface area contributed by atoms with E-state index in [1.807, 2.05) is 16.7 Å². The van der Waals surface area contributed by atoms with Gasteiger partial charge in [-0.1, -0.05) is 23.8 Å². The van der Waals surface area contributed by atoms with Crippen molar-refractivity contribution in [1.82, 2.24) is 9.38 Å². The Morgan fingerprint density at radius 2 is 1.74 bits per heavy atom. The fraction of sp³-hybridized carbons (Fsp3) is 0.188. The van der Waals surface area contributed by atoms with E-state index in [1.54, 1.807) is 0 Å². The summed E-state index contributed by atoms with van der Waals surface area (Å²) in [7, 11) is 0. The summed E-state index contributed by atoms with van der Waals surface area (Å²) < 4.78 is 1.95. The van der Waals surface area contributed by atoms with Crippen molar-refractivity contribution in [1.29, 1.82) is 0 Å². The van der Waals surface area contributed by atoms with Crippen molar-refractivity contribution >= 4 is 11.5 Å². The molecule has 3 heteroatoms. The van der Waals surface area contributed by atoms with Gasteiger partial charge in [0.25, 0.3) is 0 Å². The Balaban J connectivity index is 2.31. The summed E-state index contributed by atoms with van der Waals surface area (Å²) in [5.41, 5.74) is 12.7. The second-order valence-electron chi connectivity index (χ2n) is 5.10. The summed E-state index contributed by atoms with van der Waals surface area (Å²) in [5, 5.41) is 0. The molecule has 3 nitrogen and oxygen atoms in total. The van der Waals surface area contributed by atoms with Gasteiger partial charge in [-0.05, 0) is 44.0 Å². The van der Waals surface area contributed by atoms with Gasteiger partial charge in [-0.2, -0.15) is 0 Å². The molecule has 0 aliphatic heterocycles. The maximum absolute atomic E-state index is 6.26. The highest BCUT2D eigenvalue weighted by Gasteiger charge is 2.13. The SMILES string of the molecule is Cc1ccc(C)c(-c2nc3ccc(C)cn3c2N)c1. The monoisotopic (exact) mass is 251 g/mol.